The molecule has 6 nitrogen and oxygen atoms in total. The van der Waals surface area contributed by atoms with E-state index in [0.717, 1.165) is 11.3 Å². The Balaban J connectivity index is 1.65. The number of carboxylic acids is 1. The summed E-state index contributed by atoms with van der Waals surface area (Å²) in [5.74, 6) is 0.387. The fraction of sp³-hybridized carbons (Fsp3) is 0.0556. The summed E-state index contributed by atoms with van der Waals surface area (Å²) in [6.45, 7) is 0.671. The molecule has 0 aliphatic rings. The van der Waals surface area contributed by atoms with Gasteiger partial charge in [0.1, 0.15) is 18.0 Å². The lowest BCUT2D eigenvalue weighted by Crippen LogP contribution is -2.03. The standard InChI is InChI=1S/C18H16N4O2/c23-18(24)14-6-8-15(9-7-14)22-17-10-16(20-12-21-17)19-11-13-4-2-1-3-5-13/h1-10,12H,11H2,(H,23,24)(H2,19,20,21,22). The van der Waals surface area contributed by atoms with Gasteiger partial charge in [0.25, 0.3) is 0 Å². The molecule has 0 aliphatic heterocycles. The Morgan fingerprint density at radius 1 is 0.958 bits per heavy atom. The van der Waals surface area contributed by atoms with E-state index in [1.807, 2.05) is 30.3 Å². The molecule has 120 valence electrons. The van der Waals surface area contributed by atoms with Crippen molar-refractivity contribution in [2.24, 2.45) is 0 Å². The van der Waals surface area contributed by atoms with Crippen LogP contribution in [0, 0.1) is 0 Å². The van der Waals surface area contributed by atoms with Gasteiger partial charge in [-0.1, -0.05) is 30.3 Å². The van der Waals surface area contributed by atoms with E-state index in [4.69, 9.17) is 5.11 Å². The first kappa shape index (κ1) is 15.5. The van der Waals surface area contributed by atoms with Crippen molar-refractivity contribution in [2.45, 2.75) is 6.54 Å². The van der Waals surface area contributed by atoms with Gasteiger partial charge in [-0.25, -0.2) is 14.8 Å². The minimum absolute atomic E-state index is 0.244. The third-order valence-corrected chi connectivity index (χ3v) is 3.39. The quantitative estimate of drug-likeness (QED) is 0.644. The number of aromatic nitrogens is 2. The Hall–Kier alpha value is -3.41. The van der Waals surface area contributed by atoms with Crippen LogP contribution in [0.25, 0.3) is 0 Å². The van der Waals surface area contributed by atoms with E-state index in [1.165, 1.54) is 6.33 Å². The van der Waals surface area contributed by atoms with E-state index >= 15 is 0 Å². The van der Waals surface area contributed by atoms with E-state index < -0.39 is 5.97 Å². The van der Waals surface area contributed by atoms with Crippen LogP contribution in [0.3, 0.4) is 0 Å². The third-order valence-electron chi connectivity index (χ3n) is 3.39. The van der Waals surface area contributed by atoms with Crippen LogP contribution in [0.5, 0.6) is 0 Å². The second-order valence-corrected chi connectivity index (χ2v) is 5.14. The van der Waals surface area contributed by atoms with Crippen molar-refractivity contribution in [3.05, 3.63) is 78.1 Å². The smallest absolute Gasteiger partial charge is 0.335 e. The number of carbonyl (C=O) groups is 1. The van der Waals surface area contributed by atoms with E-state index in [2.05, 4.69) is 20.6 Å². The lowest BCUT2D eigenvalue weighted by atomic mass is 10.2. The second kappa shape index (κ2) is 7.23. The molecule has 0 saturated carbocycles. The van der Waals surface area contributed by atoms with E-state index in [9.17, 15) is 4.79 Å². The lowest BCUT2D eigenvalue weighted by Gasteiger charge is -2.09. The highest BCUT2D eigenvalue weighted by Crippen LogP contribution is 2.17. The van der Waals surface area contributed by atoms with Crippen LogP contribution in [0.4, 0.5) is 17.3 Å². The average molecular weight is 320 g/mol. The highest BCUT2D eigenvalue weighted by molar-refractivity contribution is 5.88. The van der Waals surface area contributed by atoms with Crippen molar-refractivity contribution >= 4 is 23.3 Å². The van der Waals surface area contributed by atoms with Gasteiger partial charge in [0.2, 0.25) is 0 Å². The number of benzene rings is 2. The van der Waals surface area contributed by atoms with Crippen molar-refractivity contribution < 1.29 is 9.90 Å². The average Bonchev–Trinajstić information content (AvgIpc) is 2.62. The number of hydrogen-bond donors (Lipinski definition) is 3. The van der Waals surface area contributed by atoms with Crippen LogP contribution in [0.15, 0.2) is 67.0 Å². The summed E-state index contributed by atoms with van der Waals surface area (Å²) in [6.07, 6.45) is 1.47. The molecular formula is C18H16N4O2. The zero-order chi connectivity index (χ0) is 16.8. The first-order chi connectivity index (χ1) is 11.7. The summed E-state index contributed by atoms with van der Waals surface area (Å²) in [7, 11) is 0. The zero-order valence-corrected chi connectivity index (χ0v) is 12.8. The lowest BCUT2D eigenvalue weighted by molar-refractivity contribution is 0.0697. The highest BCUT2D eigenvalue weighted by atomic mass is 16.4. The maximum absolute atomic E-state index is 10.9. The Labute approximate surface area is 139 Å². The molecule has 0 saturated heterocycles. The number of nitrogens with one attached hydrogen (secondary N) is 2. The third kappa shape index (κ3) is 4.07. The molecule has 0 amide bonds. The van der Waals surface area contributed by atoms with Crippen LogP contribution in [0.1, 0.15) is 15.9 Å². The van der Waals surface area contributed by atoms with Crippen LogP contribution in [0.2, 0.25) is 0 Å². The Kier molecular flexibility index (Phi) is 4.67. The molecule has 1 aromatic heterocycles. The summed E-state index contributed by atoms with van der Waals surface area (Å²) in [5, 5.41) is 15.3. The predicted molar refractivity (Wildman–Crippen MR) is 92.5 cm³/mol. The number of anilines is 3. The number of carboxylic acid groups (broad SMARTS) is 1. The van der Waals surface area contributed by atoms with Gasteiger partial charge in [-0.05, 0) is 29.8 Å². The molecule has 0 spiro atoms. The maximum Gasteiger partial charge on any atom is 0.335 e. The van der Waals surface area contributed by atoms with Gasteiger partial charge < -0.3 is 15.7 Å². The molecule has 3 rings (SSSR count). The van der Waals surface area contributed by atoms with Crippen molar-refractivity contribution in [3.63, 3.8) is 0 Å². The Bertz CT molecular complexity index is 820. The van der Waals surface area contributed by atoms with E-state index in [1.54, 1.807) is 30.3 Å². The van der Waals surface area contributed by atoms with Crippen LogP contribution in [-0.2, 0) is 6.54 Å². The molecule has 1 heterocycles. The number of nitrogens with zero attached hydrogens (tertiary/aromatic N) is 2. The van der Waals surface area contributed by atoms with Crippen molar-refractivity contribution in [1.29, 1.82) is 0 Å². The van der Waals surface area contributed by atoms with Crippen LogP contribution in [-0.4, -0.2) is 21.0 Å². The molecule has 0 atom stereocenters. The molecule has 0 bridgehead atoms. The number of rotatable bonds is 6. The summed E-state index contributed by atoms with van der Waals surface area (Å²) < 4.78 is 0. The SMILES string of the molecule is O=C(O)c1ccc(Nc2cc(NCc3ccccc3)ncn2)cc1. The number of aromatic carboxylic acids is 1. The van der Waals surface area contributed by atoms with Gasteiger partial charge in [0.15, 0.2) is 0 Å². The molecule has 0 fully saturated rings. The zero-order valence-electron chi connectivity index (χ0n) is 12.8. The molecule has 0 radical (unpaired) electrons. The van der Waals surface area contributed by atoms with Gasteiger partial charge in [-0.15, -0.1) is 0 Å². The fourth-order valence-electron chi connectivity index (χ4n) is 2.15. The minimum Gasteiger partial charge on any atom is -0.478 e. The van der Waals surface area contributed by atoms with Crippen molar-refractivity contribution in [1.82, 2.24) is 9.97 Å². The van der Waals surface area contributed by atoms with Crippen molar-refractivity contribution in [2.75, 3.05) is 10.6 Å². The van der Waals surface area contributed by atoms with Crippen molar-refractivity contribution in [3.8, 4) is 0 Å². The van der Waals surface area contributed by atoms with Gasteiger partial charge in [0, 0.05) is 18.3 Å². The summed E-state index contributed by atoms with van der Waals surface area (Å²) >= 11 is 0. The van der Waals surface area contributed by atoms with E-state index in [0.29, 0.717) is 18.2 Å². The molecule has 24 heavy (non-hydrogen) atoms. The topological polar surface area (TPSA) is 87.1 Å². The molecule has 3 aromatic rings. The Morgan fingerprint density at radius 2 is 1.67 bits per heavy atom. The first-order valence-electron chi connectivity index (χ1n) is 7.41. The molecule has 0 unspecified atom stereocenters. The largest absolute Gasteiger partial charge is 0.478 e. The normalized spacial score (nSPS) is 10.2. The fourth-order valence-corrected chi connectivity index (χ4v) is 2.15. The van der Waals surface area contributed by atoms with E-state index in [-0.39, 0.29) is 5.56 Å². The van der Waals surface area contributed by atoms with Gasteiger partial charge in [-0.2, -0.15) is 0 Å². The maximum atomic E-state index is 10.9. The Morgan fingerprint density at radius 3 is 2.38 bits per heavy atom. The second-order valence-electron chi connectivity index (χ2n) is 5.14. The van der Waals surface area contributed by atoms with Gasteiger partial charge in [-0.3, -0.25) is 0 Å². The van der Waals surface area contributed by atoms with Gasteiger partial charge >= 0.3 is 5.97 Å². The molecule has 3 N–H and O–H groups in total. The van der Waals surface area contributed by atoms with Crippen LogP contribution < -0.4 is 10.6 Å². The molecule has 0 aliphatic carbocycles. The summed E-state index contributed by atoms with van der Waals surface area (Å²) in [6, 6.07) is 18.3. The molecule has 2 aromatic carbocycles. The van der Waals surface area contributed by atoms with Crippen LogP contribution >= 0.6 is 0 Å². The first-order valence-corrected chi connectivity index (χ1v) is 7.41. The van der Waals surface area contributed by atoms with Gasteiger partial charge in [0.05, 0.1) is 5.56 Å². The molecular weight excluding hydrogens is 304 g/mol. The number of hydrogen-bond acceptors (Lipinski definition) is 5. The summed E-state index contributed by atoms with van der Waals surface area (Å²) in [5.41, 5.74) is 2.16. The monoisotopic (exact) mass is 320 g/mol. The molecule has 6 heteroatoms. The summed E-state index contributed by atoms with van der Waals surface area (Å²) in [4.78, 5) is 19.2. The minimum atomic E-state index is -0.948. The predicted octanol–water partition coefficient (Wildman–Crippen LogP) is 3.53. The highest BCUT2D eigenvalue weighted by Gasteiger charge is 2.03.